The third-order valence-corrected chi connectivity index (χ3v) is 9.09. The van der Waals surface area contributed by atoms with Crippen molar-refractivity contribution in [1.29, 1.82) is 0 Å². The number of likely N-dealkylation sites (tertiary alicyclic amines) is 1. The molecular weight excluding hydrogens is 581 g/mol. The SMILES string of the molecule is Cc1c(C(=O)NCCN2CCOCC2)ccc2nn(CC3CCN(C(=O)c4cccc(S(F)(F)(F)(F)F)c4)CC3)cc12. The second-order valence-corrected chi connectivity index (χ2v) is 13.4. The Labute approximate surface area is 240 Å². The molecule has 8 nitrogen and oxygen atoms in total. The number of amides is 2. The molecule has 0 unspecified atom stereocenters. The maximum absolute atomic E-state index is 13.2. The summed E-state index contributed by atoms with van der Waals surface area (Å²) in [5, 5.41) is 8.51. The molecule has 230 valence electrons. The minimum Gasteiger partial charge on any atom is -0.379 e. The maximum atomic E-state index is 13.2. The number of piperidine rings is 1. The number of aryl methyl sites for hydroxylation is 1. The van der Waals surface area contributed by atoms with Crippen LogP contribution in [0.1, 0.15) is 39.1 Å². The summed E-state index contributed by atoms with van der Waals surface area (Å²) in [6, 6.07) is 6.08. The van der Waals surface area contributed by atoms with E-state index in [4.69, 9.17) is 4.74 Å². The van der Waals surface area contributed by atoms with Crippen LogP contribution in [0.5, 0.6) is 0 Å². The fourth-order valence-corrected chi connectivity index (χ4v) is 6.19. The van der Waals surface area contributed by atoms with Gasteiger partial charge in [-0.15, -0.1) is 0 Å². The van der Waals surface area contributed by atoms with Gasteiger partial charge in [-0.1, -0.05) is 25.5 Å². The first-order valence-corrected chi connectivity index (χ1v) is 15.8. The second kappa shape index (κ2) is 10.8. The van der Waals surface area contributed by atoms with Gasteiger partial charge >= 0.3 is 10.2 Å². The molecule has 0 spiro atoms. The Morgan fingerprint density at radius 2 is 1.74 bits per heavy atom. The van der Waals surface area contributed by atoms with Crippen molar-refractivity contribution in [2.24, 2.45) is 5.92 Å². The lowest BCUT2D eigenvalue weighted by Crippen LogP contribution is -2.41. The number of carbonyl (C=O) groups is 2. The molecule has 2 aliphatic rings. The number of nitrogens with one attached hydrogen (secondary N) is 1. The van der Waals surface area contributed by atoms with Crippen LogP contribution in [0.15, 0.2) is 47.5 Å². The zero-order valence-corrected chi connectivity index (χ0v) is 24.0. The number of benzene rings is 2. The summed E-state index contributed by atoms with van der Waals surface area (Å²) >= 11 is 0. The van der Waals surface area contributed by atoms with E-state index in [-0.39, 0.29) is 17.9 Å². The molecule has 3 aromatic rings. The van der Waals surface area contributed by atoms with Crippen molar-refractivity contribution >= 4 is 32.9 Å². The molecule has 14 heteroatoms. The predicted molar refractivity (Wildman–Crippen MR) is 151 cm³/mol. The van der Waals surface area contributed by atoms with Crippen molar-refractivity contribution in [3.05, 3.63) is 59.3 Å². The minimum atomic E-state index is -9.88. The Morgan fingerprint density at radius 1 is 1.02 bits per heavy atom. The van der Waals surface area contributed by atoms with Gasteiger partial charge in [0, 0.05) is 68.5 Å². The van der Waals surface area contributed by atoms with Gasteiger partial charge in [-0.3, -0.25) is 19.2 Å². The van der Waals surface area contributed by atoms with Gasteiger partial charge < -0.3 is 15.0 Å². The lowest BCUT2D eigenvalue weighted by Gasteiger charge is -2.40. The zero-order valence-electron chi connectivity index (χ0n) is 23.2. The number of nitrogens with zero attached hydrogens (tertiary/aromatic N) is 4. The number of hydrogen-bond acceptors (Lipinski definition) is 5. The molecule has 2 fully saturated rings. The minimum absolute atomic E-state index is 0.140. The van der Waals surface area contributed by atoms with Crippen LogP contribution in [0.3, 0.4) is 0 Å². The summed E-state index contributed by atoms with van der Waals surface area (Å²) in [6.45, 7) is 7.45. The third kappa shape index (κ3) is 7.04. The van der Waals surface area contributed by atoms with E-state index in [2.05, 4.69) is 15.3 Å². The highest BCUT2D eigenvalue weighted by molar-refractivity contribution is 8.45. The lowest BCUT2D eigenvalue weighted by molar-refractivity contribution is 0.0383. The highest BCUT2D eigenvalue weighted by Gasteiger charge is 2.65. The molecule has 2 saturated heterocycles. The maximum Gasteiger partial charge on any atom is 0.310 e. The van der Waals surface area contributed by atoms with Crippen LogP contribution in [0.25, 0.3) is 10.9 Å². The van der Waals surface area contributed by atoms with Gasteiger partial charge in [0.25, 0.3) is 11.8 Å². The van der Waals surface area contributed by atoms with Gasteiger partial charge in [-0.25, -0.2) is 0 Å². The van der Waals surface area contributed by atoms with Crippen LogP contribution in [0.2, 0.25) is 0 Å². The van der Waals surface area contributed by atoms with Crippen LogP contribution in [-0.4, -0.2) is 83.9 Å². The molecule has 0 atom stereocenters. The second-order valence-electron chi connectivity index (χ2n) is 11.0. The predicted octanol–water partition coefficient (Wildman–Crippen LogP) is 5.62. The number of hydrogen-bond donors (Lipinski definition) is 1. The molecule has 5 rings (SSSR count). The normalized spacial score (nSPS) is 19.0. The van der Waals surface area contributed by atoms with Crippen molar-refractivity contribution in [2.75, 3.05) is 52.5 Å². The Kier molecular flexibility index (Phi) is 7.77. The largest absolute Gasteiger partial charge is 0.379 e. The van der Waals surface area contributed by atoms with E-state index in [0.29, 0.717) is 63.9 Å². The molecule has 2 aliphatic heterocycles. The zero-order chi connectivity index (χ0) is 30.2. The summed E-state index contributed by atoms with van der Waals surface area (Å²) in [7, 11) is -9.88. The van der Waals surface area contributed by atoms with E-state index in [1.54, 1.807) is 6.07 Å². The lowest BCUT2D eigenvalue weighted by atomic mass is 9.96. The van der Waals surface area contributed by atoms with Crippen LogP contribution in [-0.2, 0) is 11.3 Å². The number of morpholine rings is 1. The van der Waals surface area contributed by atoms with Gasteiger partial charge in [-0.2, -0.15) is 5.10 Å². The number of halogens is 5. The quantitative estimate of drug-likeness (QED) is 0.333. The van der Waals surface area contributed by atoms with Gasteiger partial charge in [0.15, 0.2) is 0 Å². The number of rotatable bonds is 8. The van der Waals surface area contributed by atoms with Crippen LogP contribution in [0, 0.1) is 12.8 Å². The Hall–Kier alpha value is -3.23. The first-order chi connectivity index (χ1) is 19.7. The Balaban J connectivity index is 1.17. The van der Waals surface area contributed by atoms with E-state index in [1.165, 1.54) is 4.90 Å². The fraction of sp³-hybridized carbons (Fsp3) is 0.464. The molecule has 0 aliphatic carbocycles. The summed E-state index contributed by atoms with van der Waals surface area (Å²) in [5.74, 6) is -0.686. The van der Waals surface area contributed by atoms with E-state index in [9.17, 15) is 29.0 Å². The standard InChI is InChI=1S/C28H34F5N5O3S/c1-20-24(27(39)34-9-12-36-13-15-41-16-14-36)5-6-26-25(20)19-38(35-26)18-21-7-10-37(11-8-21)28(40)22-3-2-4-23(17-22)42(29,30,31,32)33/h2-6,17,19,21H,7-16,18H2,1H3,(H,34,39). The topological polar surface area (TPSA) is 79.7 Å². The highest BCUT2D eigenvalue weighted by Crippen LogP contribution is 3.02. The van der Waals surface area contributed by atoms with Crippen molar-refractivity contribution in [2.45, 2.75) is 31.2 Å². The summed E-state index contributed by atoms with van der Waals surface area (Å²) in [5.41, 5.74) is 1.77. The highest BCUT2D eigenvalue weighted by atomic mass is 32.5. The Morgan fingerprint density at radius 3 is 2.43 bits per heavy atom. The van der Waals surface area contributed by atoms with E-state index >= 15 is 0 Å². The molecule has 1 aromatic heterocycles. The van der Waals surface area contributed by atoms with E-state index in [1.807, 2.05) is 23.9 Å². The number of carbonyl (C=O) groups excluding carboxylic acids is 2. The molecule has 0 radical (unpaired) electrons. The molecule has 0 bridgehead atoms. The summed E-state index contributed by atoms with van der Waals surface area (Å²) in [4.78, 5) is 27.2. The number of ether oxygens (including phenoxy) is 1. The van der Waals surface area contributed by atoms with Crippen molar-refractivity contribution in [1.82, 2.24) is 24.9 Å². The number of aromatic nitrogens is 2. The fourth-order valence-electron chi connectivity index (χ4n) is 5.50. The average molecular weight is 616 g/mol. The van der Waals surface area contributed by atoms with Crippen molar-refractivity contribution in [3.8, 4) is 0 Å². The molecule has 2 aromatic carbocycles. The van der Waals surface area contributed by atoms with Crippen LogP contribution >= 0.6 is 10.2 Å². The van der Waals surface area contributed by atoms with Gasteiger partial charge in [0.1, 0.15) is 4.90 Å². The summed E-state index contributed by atoms with van der Waals surface area (Å²) < 4.78 is 73.2. The van der Waals surface area contributed by atoms with Crippen molar-refractivity contribution < 1.29 is 33.8 Å². The van der Waals surface area contributed by atoms with Gasteiger partial charge in [0.2, 0.25) is 0 Å². The molecule has 1 N–H and O–H groups in total. The molecule has 42 heavy (non-hydrogen) atoms. The van der Waals surface area contributed by atoms with E-state index in [0.717, 1.165) is 48.2 Å². The third-order valence-electron chi connectivity index (χ3n) is 7.94. The average Bonchev–Trinajstić information content (AvgIpc) is 3.36. The monoisotopic (exact) mass is 615 g/mol. The van der Waals surface area contributed by atoms with E-state index < -0.39 is 26.6 Å². The smallest absolute Gasteiger partial charge is 0.310 e. The molecular formula is C28H34F5N5O3S. The first kappa shape index (κ1) is 30.2. The van der Waals surface area contributed by atoms with Gasteiger partial charge in [0.05, 0.1) is 18.7 Å². The summed E-state index contributed by atoms with van der Waals surface area (Å²) in [6.07, 6.45) is 3.07. The van der Waals surface area contributed by atoms with Crippen LogP contribution in [0.4, 0.5) is 19.4 Å². The van der Waals surface area contributed by atoms with Crippen LogP contribution < -0.4 is 5.32 Å². The van der Waals surface area contributed by atoms with Crippen molar-refractivity contribution in [3.63, 3.8) is 0 Å². The first-order valence-electron chi connectivity index (χ1n) is 13.9. The van der Waals surface area contributed by atoms with Gasteiger partial charge in [-0.05, 0) is 61.6 Å². The molecule has 2 amide bonds. The number of fused-ring (bicyclic) bond motifs is 1. The molecule has 0 saturated carbocycles. The Bertz CT molecular complexity index is 1480. The molecule has 3 heterocycles.